The Morgan fingerprint density at radius 3 is 2.69 bits per heavy atom. The molecule has 3 aliphatic rings. The Kier molecular flexibility index (Phi) is 2.46. The van der Waals surface area contributed by atoms with Crippen molar-refractivity contribution in [3.05, 3.63) is 12.2 Å². The number of hydrogen-bond acceptors (Lipinski definition) is 0. The maximum atomic E-state index is 2.59. The minimum absolute atomic E-state index is 0.687. The Hall–Kier alpha value is -0.260. The summed E-state index contributed by atoms with van der Waals surface area (Å²) in [6.07, 6.45) is 12.3. The largest absolute Gasteiger partial charge is 0.0880 e. The standard InChI is InChI=1S/C16H26/c1-11-5-4-6-14-13(11)9-10-16(3)12(2)7-8-15(14)16/h4-5,11-15H,6-10H2,1-3H3. The van der Waals surface area contributed by atoms with Gasteiger partial charge in [0.05, 0.1) is 0 Å². The summed E-state index contributed by atoms with van der Waals surface area (Å²) in [5.41, 5.74) is 0.687. The van der Waals surface area contributed by atoms with Crippen molar-refractivity contribution in [2.75, 3.05) is 0 Å². The normalized spacial score (nSPS) is 55.8. The summed E-state index contributed by atoms with van der Waals surface area (Å²) in [6, 6.07) is 0. The first-order valence-electron chi connectivity index (χ1n) is 7.29. The summed E-state index contributed by atoms with van der Waals surface area (Å²) in [7, 11) is 0. The lowest BCUT2D eigenvalue weighted by molar-refractivity contribution is 0.00132. The molecule has 0 spiro atoms. The maximum Gasteiger partial charge on any atom is -0.0231 e. The Bertz CT molecular complexity index is 303. The fourth-order valence-corrected chi connectivity index (χ4v) is 5.16. The summed E-state index contributed by atoms with van der Waals surface area (Å²) >= 11 is 0. The van der Waals surface area contributed by atoms with Gasteiger partial charge in [0.2, 0.25) is 0 Å². The van der Waals surface area contributed by atoms with Crippen LogP contribution in [-0.4, -0.2) is 0 Å². The second-order valence-corrected chi connectivity index (χ2v) is 6.98. The third kappa shape index (κ3) is 1.34. The van der Waals surface area contributed by atoms with Crippen LogP contribution in [0.5, 0.6) is 0 Å². The van der Waals surface area contributed by atoms with Gasteiger partial charge in [-0.1, -0.05) is 32.9 Å². The Morgan fingerprint density at radius 2 is 1.88 bits per heavy atom. The quantitative estimate of drug-likeness (QED) is 0.519. The highest BCUT2D eigenvalue weighted by atomic mass is 14.6. The fraction of sp³-hybridized carbons (Fsp3) is 0.875. The van der Waals surface area contributed by atoms with Crippen LogP contribution in [0.25, 0.3) is 0 Å². The van der Waals surface area contributed by atoms with Gasteiger partial charge < -0.3 is 0 Å². The molecular weight excluding hydrogens is 192 g/mol. The molecule has 0 N–H and O–H groups in total. The molecule has 0 aromatic heterocycles. The zero-order valence-corrected chi connectivity index (χ0v) is 11.1. The van der Waals surface area contributed by atoms with Crippen molar-refractivity contribution < 1.29 is 0 Å². The van der Waals surface area contributed by atoms with Crippen LogP contribution in [-0.2, 0) is 0 Å². The van der Waals surface area contributed by atoms with Crippen molar-refractivity contribution in [3.8, 4) is 0 Å². The molecule has 0 aromatic carbocycles. The van der Waals surface area contributed by atoms with E-state index in [0.717, 1.165) is 29.6 Å². The average Bonchev–Trinajstić information content (AvgIpc) is 2.56. The predicted molar refractivity (Wildman–Crippen MR) is 69.1 cm³/mol. The fourth-order valence-electron chi connectivity index (χ4n) is 5.16. The monoisotopic (exact) mass is 218 g/mol. The lowest BCUT2D eigenvalue weighted by atomic mass is 9.54. The maximum absolute atomic E-state index is 2.59. The zero-order valence-electron chi connectivity index (χ0n) is 11.1. The Labute approximate surface area is 101 Å². The van der Waals surface area contributed by atoms with E-state index in [1.165, 1.54) is 32.1 Å². The molecule has 0 heterocycles. The van der Waals surface area contributed by atoms with Crippen LogP contribution in [0.3, 0.4) is 0 Å². The van der Waals surface area contributed by atoms with Crippen molar-refractivity contribution in [2.45, 2.75) is 52.9 Å². The van der Waals surface area contributed by atoms with Gasteiger partial charge in [-0.3, -0.25) is 0 Å². The molecule has 6 unspecified atom stereocenters. The number of hydrogen-bond donors (Lipinski definition) is 0. The molecule has 0 saturated heterocycles. The summed E-state index contributed by atoms with van der Waals surface area (Å²) in [5.74, 6) is 4.88. The first kappa shape index (κ1) is 10.9. The van der Waals surface area contributed by atoms with Gasteiger partial charge in [-0.15, -0.1) is 0 Å². The van der Waals surface area contributed by atoms with E-state index < -0.39 is 0 Å². The summed E-state index contributed by atoms with van der Waals surface area (Å²) in [4.78, 5) is 0. The van der Waals surface area contributed by atoms with Gasteiger partial charge in [-0.05, 0) is 67.1 Å². The highest BCUT2D eigenvalue weighted by Crippen LogP contribution is 2.61. The van der Waals surface area contributed by atoms with Gasteiger partial charge in [0, 0.05) is 0 Å². The van der Waals surface area contributed by atoms with E-state index in [9.17, 15) is 0 Å². The molecule has 90 valence electrons. The first-order chi connectivity index (χ1) is 7.63. The topological polar surface area (TPSA) is 0 Å². The van der Waals surface area contributed by atoms with Gasteiger partial charge in [0.1, 0.15) is 0 Å². The number of allylic oxidation sites excluding steroid dienone is 2. The van der Waals surface area contributed by atoms with Crippen LogP contribution in [0.2, 0.25) is 0 Å². The van der Waals surface area contributed by atoms with E-state index in [0.29, 0.717) is 5.41 Å². The lowest BCUT2D eigenvalue weighted by Crippen LogP contribution is -2.43. The van der Waals surface area contributed by atoms with Crippen molar-refractivity contribution in [3.63, 3.8) is 0 Å². The molecular formula is C16H26. The lowest BCUT2D eigenvalue weighted by Gasteiger charge is -2.50. The van der Waals surface area contributed by atoms with E-state index in [4.69, 9.17) is 0 Å². The third-order valence-electron chi connectivity index (χ3n) is 6.49. The van der Waals surface area contributed by atoms with Crippen LogP contribution in [0.15, 0.2) is 12.2 Å². The van der Waals surface area contributed by atoms with Crippen molar-refractivity contribution in [1.82, 2.24) is 0 Å². The van der Waals surface area contributed by atoms with Gasteiger partial charge in [0.25, 0.3) is 0 Å². The molecule has 0 amide bonds. The molecule has 2 saturated carbocycles. The number of fused-ring (bicyclic) bond motifs is 3. The SMILES string of the molecule is CC1C=CCC2C1CCC1(C)C(C)CCC21. The average molecular weight is 218 g/mol. The van der Waals surface area contributed by atoms with E-state index in [2.05, 4.69) is 32.9 Å². The second kappa shape index (κ2) is 3.62. The van der Waals surface area contributed by atoms with Crippen molar-refractivity contribution in [2.24, 2.45) is 35.0 Å². The molecule has 0 aliphatic heterocycles. The molecule has 0 radical (unpaired) electrons. The van der Waals surface area contributed by atoms with Crippen LogP contribution < -0.4 is 0 Å². The smallest absolute Gasteiger partial charge is 0.0231 e. The zero-order chi connectivity index (χ0) is 11.3. The van der Waals surface area contributed by atoms with Gasteiger partial charge in [-0.2, -0.15) is 0 Å². The predicted octanol–water partition coefficient (Wildman–Crippen LogP) is 4.66. The summed E-state index contributed by atoms with van der Waals surface area (Å²) in [6.45, 7) is 7.53. The van der Waals surface area contributed by atoms with Crippen LogP contribution in [0.1, 0.15) is 52.9 Å². The molecule has 0 aromatic rings. The molecule has 6 atom stereocenters. The molecule has 3 rings (SSSR count). The highest BCUT2D eigenvalue weighted by Gasteiger charge is 2.52. The molecule has 0 nitrogen and oxygen atoms in total. The number of rotatable bonds is 0. The van der Waals surface area contributed by atoms with Crippen LogP contribution in [0.4, 0.5) is 0 Å². The summed E-state index contributed by atoms with van der Waals surface area (Å²) < 4.78 is 0. The highest BCUT2D eigenvalue weighted by molar-refractivity contribution is 5.08. The molecule has 3 aliphatic carbocycles. The third-order valence-corrected chi connectivity index (χ3v) is 6.49. The minimum atomic E-state index is 0.687. The van der Waals surface area contributed by atoms with Gasteiger partial charge in [-0.25, -0.2) is 0 Å². The van der Waals surface area contributed by atoms with Crippen molar-refractivity contribution in [1.29, 1.82) is 0 Å². The second-order valence-electron chi connectivity index (χ2n) is 6.98. The van der Waals surface area contributed by atoms with Gasteiger partial charge >= 0.3 is 0 Å². The van der Waals surface area contributed by atoms with E-state index in [1.54, 1.807) is 0 Å². The van der Waals surface area contributed by atoms with Gasteiger partial charge in [0.15, 0.2) is 0 Å². The van der Waals surface area contributed by atoms with Crippen molar-refractivity contribution >= 4 is 0 Å². The molecule has 0 bridgehead atoms. The van der Waals surface area contributed by atoms with Crippen LogP contribution in [0, 0.1) is 35.0 Å². The Morgan fingerprint density at radius 1 is 1.06 bits per heavy atom. The van der Waals surface area contributed by atoms with E-state index in [1.807, 2.05) is 0 Å². The van der Waals surface area contributed by atoms with E-state index in [-0.39, 0.29) is 0 Å². The molecule has 2 fully saturated rings. The summed E-state index contributed by atoms with van der Waals surface area (Å²) in [5, 5.41) is 0. The first-order valence-corrected chi connectivity index (χ1v) is 7.29. The van der Waals surface area contributed by atoms with E-state index >= 15 is 0 Å². The molecule has 16 heavy (non-hydrogen) atoms. The minimum Gasteiger partial charge on any atom is -0.0880 e. The van der Waals surface area contributed by atoms with Crippen LogP contribution >= 0.6 is 0 Å². The molecule has 0 heteroatoms. The Balaban J connectivity index is 1.90.